The van der Waals surface area contributed by atoms with Crippen LogP contribution in [-0.4, -0.2) is 15.5 Å². The molecule has 1 aliphatic heterocycles. The lowest BCUT2D eigenvalue weighted by molar-refractivity contribution is -0.137. The Kier molecular flexibility index (Phi) is 3.50. The first-order chi connectivity index (χ1) is 10.8. The van der Waals surface area contributed by atoms with Gasteiger partial charge in [0.15, 0.2) is 0 Å². The average Bonchev–Trinajstić information content (AvgIpc) is 2.92. The van der Waals surface area contributed by atoms with Crippen LogP contribution in [0.5, 0.6) is 0 Å². The molecule has 2 aromatic rings. The van der Waals surface area contributed by atoms with Crippen molar-refractivity contribution in [3.63, 3.8) is 0 Å². The molecule has 2 N–H and O–H groups in total. The molecule has 1 amide bonds. The number of hydrogen-bond donors (Lipinski definition) is 1. The zero-order chi connectivity index (χ0) is 16.8. The lowest BCUT2D eigenvalue weighted by Crippen LogP contribution is -2.21. The minimum absolute atomic E-state index is 0.0557. The van der Waals surface area contributed by atoms with Crippen LogP contribution in [0.25, 0.3) is 16.8 Å². The maximum absolute atomic E-state index is 12.8. The number of hydrogen-bond acceptors (Lipinski definition) is 2. The van der Waals surface area contributed by atoms with Crippen LogP contribution in [0, 0.1) is 0 Å². The summed E-state index contributed by atoms with van der Waals surface area (Å²) in [5.74, 6) is -0.206. The third-order valence-electron chi connectivity index (χ3n) is 3.86. The molecule has 0 saturated carbocycles. The molecule has 0 saturated heterocycles. The highest BCUT2D eigenvalue weighted by Crippen LogP contribution is 2.34. The number of carbonyl (C=O) groups excluding carboxylic acids is 1. The van der Waals surface area contributed by atoms with Gasteiger partial charge in [-0.05, 0) is 25.5 Å². The number of alkyl halides is 3. The van der Waals surface area contributed by atoms with E-state index in [1.165, 1.54) is 6.07 Å². The molecular weight excluding hydrogens is 307 g/mol. The molecule has 4 nitrogen and oxygen atoms in total. The van der Waals surface area contributed by atoms with Crippen LogP contribution in [0.1, 0.15) is 30.8 Å². The molecule has 1 aromatic heterocycles. The second-order valence-electron chi connectivity index (χ2n) is 5.50. The smallest absolute Gasteiger partial charge is 0.365 e. The molecule has 1 aromatic carbocycles. The summed E-state index contributed by atoms with van der Waals surface area (Å²) in [4.78, 5) is 15.8. The van der Waals surface area contributed by atoms with Crippen LogP contribution in [-0.2, 0) is 11.0 Å². The second-order valence-corrected chi connectivity index (χ2v) is 5.50. The normalized spacial score (nSPS) is 17.6. The first kappa shape index (κ1) is 15.3. The summed E-state index contributed by atoms with van der Waals surface area (Å²) in [6.07, 6.45) is -0.429. The summed E-state index contributed by atoms with van der Waals surface area (Å²) in [6.45, 7) is 1.94. The average molecular weight is 321 g/mol. The molecule has 7 heteroatoms. The number of allylic oxidation sites excluding steroid dienone is 1. The fraction of sp³-hybridized carbons (Fsp3) is 0.250. The SMILES string of the molecule is CC1CC=C(C(N)=O)c2nc(-c3cccc(C(F)(F)F)c3)cn21. The Labute approximate surface area is 130 Å². The molecule has 1 atom stereocenters. The Hall–Kier alpha value is -2.57. The van der Waals surface area contributed by atoms with E-state index in [0.29, 0.717) is 29.1 Å². The molecule has 0 spiro atoms. The highest BCUT2D eigenvalue weighted by molar-refractivity contribution is 6.18. The van der Waals surface area contributed by atoms with Crippen molar-refractivity contribution < 1.29 is 18.0 Å². The molecule has 120 valence electrons. The van der Waals surface area contributed by atoms with Crippen molar-refractivity contribution in [2.45, 2.75) is 25.6 Å². The van der Waals surface area contributed by atoms with E-state index in [-0.39, 0.29) is 6.04 Å². The van der Waals surface area contributed by atoms with Crippen molar-refractivity contribution >= 4 is 11.5 Å². The highest BCUT2D eigenvalue weighted by atomic mass is 19.4. The van der Waals surface area contributed by atoms with Gasteiger partial charge in [0.05, 0.1) is 16.8 Å². The number of halogens is 3. The van der Waals surface area contributed by atoms with Crippen LogP contribution in [0.4, 0.5) is 13.2 Å². The van der Waals surface area contributed by atoms with Gasteiger partial charge >= 0.3 is 6.18 Å². The monoisotopic (exact) mass is 321 g/mol. The third kappa shape index (κ3) is 2.74. The number of primary amides is 1. The summed E-state index contributed by atoms with van der Waals surface area (Å²) < 4.78 is 40.3. The van der Waals surface area contributed by atoms with Crippen LogP contribution in [0.15, 0.2) is 36.5 Å². The fourth-order valence-corrected chi connectivity index (χ4v) is 2.63. The van der Waals surface area contributed by atoms with Gasteiger partial charge < -0.3 is 10.3 Å². The number of nitrogens with two attached hydrogens (primary N) is 1. The van der Waals surface area contributed by atoms with E-state index >= 15 is 0 Å². The number of carbonyl (C=O) groups is 1. The van der Waals surface area contributed by atoms with Crippen molar-refractivity contribution in [1.29, 1.82) is 0 Å². The van der Waals surface area contributed by atoms with Crippen LogP contribution < -0.4 is 5.73 Å². The van der Waals surface area contributed by atoms with E-state index in [9.17, 15) is 18.0 Å². The van der Waals surface area contributed by atoms with Crippen molar-refractivity contribution in [2.24, 2.45) is 5.73 Å². The maximum atomic E-state index is 12.8. The highest BCUT2D eigenvalue weighted by Gasteiger charge is 2.31. The molecule has 0 fully saturated rings. The van der Waals surface area contributed by atoms with E-state index in [0.717, 1.165) is 12.1 Å². The number of aromatic nitrogens is 2. The van der Waals surface area contributed by atoms with Crippen LogP contribution >= 0.6 is 0 Å². The molecule has 0 bridgehead atoms. The minimum atomic E-state index is -4.42. The van der Waals surface area contributed by atoms with Crippen LogP contribution in [0.2, 0.25) is 0 Å². The van der Waals surface area contributed by atoms with Gasteiger partial charge in [0, 0.05) is 17.8 Å². The van der Waals surface area contributed by atoms with Gasteiger partial charge in [-0.25, -0.2) is 4.98 Å². The lowest BCUT2D eigenvalue weighted by atomic mass is 10.1. The lowest BCUT2D eigenvalue weighted by Gasteiger charge is -2.20. The predicted molar refractivity (Wildman–Crippen MR) is 79.2 cm³/mol. The summed E-state index contributed by atoms with van der Waals surface area (Å²) >= 11 is 0. The second kappa shape index (κ2) is 5.26. The first-order valence-corrected chi connectivity index (χ1v) is 7.04. The summed E-state index contributed by atoms with van der Waals surface area (Å²) in [6, 6.07) is 5.01. The quantitative estimate of drug-likeness (QED) is 0.921. The Morgan fingerprint density at radius 2 is 2.13 bits per heavy atom. The molecule has 2 heterocycles. The molecule has 3 rings (SSSR count). The standard InChI is InChI=1S/C16H14F3N3O/c1-9-5-6-12(14(20)23)15-21-13(8-22(9)15)10-3-2-4-11(7-10)16(17,18)19/h2-4,6-9H,5H2,1H3,(H2,20,23). The van der Waals surface area contributed by atoms with E-state index < -0.39 is 17.6 Å². The number of benzene rings is 1. The molecular formula is C16H14F3N3O. The molecule has 1 unspecified atom stereocenters. The molecule has 23 heavy (non-hydrogen) atoms. The van der Waals surface area contributed by atoms with E-state index in [4.69, 9.17) is 5.73 Å². The van der Waals surface area contributed by atoms with Gasteiger partial charge in [-0.15, -0.1) is 0 Å². The van der Waals surface area contributed by atoms with Gasteiger partial charge in [-0.2, -0.15) is 13.2 Å². The number of rotatable bonds is 2. The van der Waals surface area contributed by atoms with E-state index in [2.05, 4.69) is 4.98 Å². The Balaban J connectivity index is 2.09. The topological polar surface area (TPSA) is 60.9 Å². The van der Waals surface area contributed by atoms with Gasteiger partial charge in [-0.1, -0.05) is 18.2 Å². The van der Waals surface area contributed by atoms with Crippen molar-refractivity contribution in [3.8, 4) is 11.3 Å². The number of nitrogens with zero attached hydrogens (tertiary/aromatic N) is 2. The number of amides is 1. The number of fused-ring (bicyclic) bond motifs is 1. The Bertz CT molecular complexity index is 805. The van der Waals surface area contributed by atoms with Gasteiger partial charge in [-0.3, -0.25) is 4.79 Å². The fourth-order valence-electron chi connectivity index (χ4n) is 2.63. The third-order valence-corrected chi connectivity index (χ3v) is 3.86. The number of imidazole rings is 1. The first-order valence-electron chi connectivity index (χ1n) is 7.04. The van der Waals surface area contributed by atoms with Gasteiger partial charge in [0.1, 0.15) is 5.82 Å². The largest absolute Gasteiger partial charge is 0.416 e. The van der Waals surface area contributed by atoms with E-state index in [1.807, 2.05) is 6.92 Å². The molecule has 0 radical (unpaired) electrons. The maximum Gasteiger partial charge on any atom is 0.416 e. The summed E-state index contributed by atoms with van der Waals surface area (Å²) in [7, 11) is 0. The molecule has 1 aliphatic rings. The summed E-state index contributed by atoms with van der Waals surface area (Å²) in [5, 5.41) is 0. The van der Waals surface area contributed by atoms with Crippen molar-refractivity contribution in [1.82, 2.24) is 9.55 Å². The predicted octanol–water partition coefficient (Wildman–Crippen LogP) is 3.40. The Morgan fingerprint density at radius 1 is 1.39 bits per heavy atom. The van der Waals surface area contributed by atoms with Crippen molar-refractivity contribution in [2.75, 3.05) is 0 Å². The zero-order valence-electron chi connectivity index (χ0n) is 12.3. The molecule has 0 aliphatic carbocycles. The Morgan fingerprint density at radius 3 is 2.78 bits per heavy atom. The van der Waals surface area contributed by atoms with Gasteiger partial charge in [0.2, 0.25) is 0 Å². The van der Waals surface area contributed by atoms with Crippen LogP contribution in [0.3, 0.4) is 0 Å². The zero-order valence-corrected chi connectivity index (χ0v) is 12.3. The minimum Gasteiger partial charge on any atom is -0.365 e. The van der Waals surface area contributed by atoms with E-state index in [1.54, 1.807) is 22.9 Å². The summed E-state index contributed by atoms with van der Waals surface area (Å²) in [5.41, 5.74) is 5.63. The van der Waals surface area contributed by atoms with Crippen molar-refractivity contribution in [3.05, 3.63) is 47.9 Å². The van der Waals surface area contributed by atoms with Gasteiger partial charge in [0.25, 0.3) is 5.91 Å².